The number of amides is 2. The van der Waals surface area contributed by atoms with Crippen molar-refractivity contribution in [1.82, 2.24) is 10.6 Å². The van der Waals surface area contributed by atoms with Crippen LogP contribution in [0.25, 0.3) is 10.8 Å². The van der Waals surface area contributed by atoms with Crippen LogP contribution in [-0.4, -0.2) is 24.9 Å². The van der Waals surface area contributed by atoms with Gasteiger partial charge in [-0.05, 0) is 40.6 Å². The van der Waals surface area contributed by atoms with Crippen LogP contribution in [0.2, 0.25) is 0 Å². The van der Waals surface area contributed by atoms with Crippen LogP contribution in [0.4, 0.5) is 0 Å². The van der Waals surface area contributed by atoms with Gasteiger partial charge in [-0.25, -0.2) is 0 Å². The molecule has 0 aliphatic carbocycles. The van der Waals surface area contributed by atoms with E-state index in [9.17, 15) is 9.59 Å². The number of carbonyl (C=O) groups is 2. The van der Waals surface area contributed by atoms with Crippen molar-refractivity contribution in [3.63, 3.8) is 0 Å². The first-order chi connectivity index (χ1) is 12.7. The second kappa shape index (κ2) is 9.15. The van der Waals surface area contributed by atoms with Gasteiger partial charge in [0.1, 0.15) is 0 Å². The van der Waals surface area contributed by atoms with E-state index in [1.54, 1.807) is 6.07 Å². The lowest BCUT2D eigenvalue weighted by Gasteiger charge is -2.07. The molecule has 2 N–H and O–H groups in total. The Balaban J connectivity index is 1.33. The number of thiophene rings is 1. The molecule has 0 unspecified atom stereocenters. The van der Waals surface area contributed by atoms with E-state index in [-0.39, 0.29) is 11.8 Å². The van der Waals surface area contributed by atoms with E-state index in [1.807, 2.05) is 22.9 Å². The third-order valence-electron chi connectivity index (χ3n) is 4.20. The standard InChI is InChI=1S/C21H22N2O2S/c24-20(6-3-11-23-21(25)19-10-13-26-15-19)22-12-9-16-7-8-17-4-1-2-5-18(17)14-16/h1-2,4-5,7-8,10,13-15H,3,6,9,11-12H2,(H,22,24)(H,23,25). The van der Waals surface area contributed by atoms with E-state index in [2.05, 4.69) is 41.0 Å². The Morgan fingerprint density at radius 1 is 0.923 bits per heavy atom. The van der Waals surface area contributed by atoms with Crippen molar-refractivity contribution in [2.24, 2.45) is 0 Å². The molecule has 0 aliphatic heterocycles. The van der Waals surface area contributed by atoms with Crippen LogP contribution < -0.4 is 10.6 Å². The number of fused-ring (bicyclic) bond motifs is 1. The summed E-state index contributed by atoms with van der Waals surface area (Å²) in [5.74, 6) is -0.0569. The first-order valence-corrected chi connectivity index (χ1v) is 9.71. The summed E-state index contributed by atoms with van der Waals surface area (Å²) in [6.45, 7) is 1.13. The van der Waals surface area contributed by atoms with E-state index in [0.29, 0.717) is 31.5 Å². The minimum atomic E-state index is -0.0806. The molecule has 0 spiro atoms. The molecular weight excluding hydrogens is 344 g/mol. The third-order valence-corrected chi connectivity index (χ3v) is 4.88. The quantitative estimate of drug-likeness (QED) is 0.596. The monoisotopic (exact) mass is 366 g/mol. The lowest BCUT2D eigenvalue weighted by Crippen LogP contribution is -2.28. The number of carbonyl (C=O) groups excluding carboxylic acids is 2. The Bertz CT molecular complexity index is 875. The highest BCUT2D eigenvalue weighted by Crippen LogP contribution is 2.15. The number of benzene rings is 2. The summed E-state index contributed by atoms with van der Waals surface area (Å²) in [7, 11) is 0. The minimum Gasteiger partial charge on any atom is -0.356 e. The first kappa shape index (κ1) is 18.1. The molecule has 3 rings (SSSR count). The summed E-state index contributed by atoms with van der Waals surface area (Å²) < 4.78 is 0. The smallest absolute Gasteiger partial charge is 0.252 e. The molecule has 3 aromatic rings. The summed E-state index contributed by atoms with van der Waals surface area (Å²) in [6, 6.07) is 16.4. The minimum absolute atomic E-state index is 0.0237. The molecule has 0 fully saturated rings. The summed E-state index contributed by atoms with van der Waals surface area (Å²) in [5.41, 5.74) is 1.89. The fourth-order valence-electron chi connectivity index (χ4n) is 2.78. The van der Waals surface area contributed by atoms with Gasteiger partial charge in [0.25, 0.3) is 5.91 Å². The van der Waals surface area contributed by atoms with Crippen molar-refractivity contribution in [2.45, 2.75) is 19.3 Å². The van der Waals surface area contributed by atoms with Gasteiger partial charge in [0.05, 0.1) is 0 Å². The van der Waals surface area contributed by atoms with E-state index < -0.39 is 0 Å². The van der Waals surface area contributed by atoms with Gasteiger partial charge in [-0.15, -0.1) is 0 Å². The zero-order chi connectivity index (χ0) is 18.2. The van der Waals surface area contributed by atoms with E-state index in [0.717, 1.165) is 6.42 Å². The van der Waals surface area contributed by atoms with Gasteiger partial charge < -0.3 is 10.6 Å². The summed E-state index contributed by atoms with van der Waals surface area (Å²) in [4.78, 5) is 23.7. The van der Waals surface area contributed by atoms with E-state index in [1.165, 1.54) is 27.7 Å². The zero-order valence-corrected chi connectivity index (χ0v) is 15.4. The Morgan fingerprint density at radius 2 is 1.77 bits per heavy atom. The van der Waals surface area contributed by atoms with Crippen LogP contribution in [0.1, 0.15) is 28.8 Å². The fraction of sp³-hybridized carbons (Fsp3) is 0.238. The maximum Gasteiger partial charge on any atom is 0.252 e. The molecule has 0 bridgehead atoms. The van der Waals surface area contributed by atoms with Crippen LogP contribution in [0.5, 0.6) is 0 Å². The van der Waals surface area contributed by atoms with Crippen LogP contribution in [-0.2, 0) is 11.2 Å². The van der Waals surface area contributed by atoms with E-state index in [4.69, 9.17) is 0 Å². The summed E-state index contributed by atoms with van der Waals surface area (Å²) in [5, 5.41) is 11.9. The third kappa shape index (κ3) is 5.17. The van der Waals surface area contributed by atoms with Crippen LogP contribution in [0, 0.1) is 0 Å². The SMILES string of the molecule is O=C(CCCNC(=O)c1ccsc1)NCCc1ccc2ccccc2c1. The highest BCUT2D eigenvalue weighted by molar-refractivity contribution is 7.08. The fourth-order valence-corrected chi connectivity index (χ4v) is 3.41. The Hall–Kier alpha value is -2.66. The van der Waals surface area contributed by atoms with Crippen molar-refractivity contribution in [2.75, 3.05) is 13.1 Å². The zero-order valence-electron chi connectivity index (χ0n) is 14.5. The van der Waals surface area contributed by atoms with E-state index >= 15 is 0 Å². The molecular formula is C21H22N2O2S. The van der Waals surface area contributed by atoms with Gasteiger partial charge in [0.2, 0.25) is 5.91 Å². The van der Waals surface area contributed by atoms with Gasteiger partial charge in [-0.2, -0.15) is 11.3 Å². The van der Waals surface area contributed by atoms with Crippen molar-refractivity contribution in [3.05, 3.63) is 70.4 Å². The molecule has 134 valence electrons. The summed E-state index contributed by atoms with van der Waals surface area (Å²) >= 11 is 1.49. The Morgan fingerprint density at radius 3 is 2.58 bits per heavy atom. The largest absolute Gasteiger partial charge is 0.356 e. The molecule has 0 saturated carbocycles. The van der Waals surface area contributed by atoms with Gasteiger partial charge in [0.15, 0.2) is 0 Å². The van der Waals surface area contributed by atoms with Crippen molar-refractivity contribution >= 4 is 33.9 Å². The predicted octanol–water partition coefficient (Wildman–Crippen LogP) is 3.77. The topological polar surface area (TPSA) is 58.2 Å². The maximum absolute atomic E-state index is 11.9. The molecule has 2 aromatic carbocycles. The Kier molecular flexibility index (Phi) is 6.39. The van der Waals surface area contributed by atoms with Gasteiger partial charge in [0, 0.05) is 30.5 Å². The number of hydrogen-bond acceptors (Lipinski definition) is 3. The van der Waals surface area contributed by atoms with Crippen molar-refractivity contribution < 1.29 is 9.59 Å². The molecule has 1 heterocycles. The highest BCUT2D eigenvalue weighted by atomic mass is 32.1. The van der Waals surface area contributed by atoms with Crippen LogP contribution in [0.3, 0.4) is 0 Å². The predicted molar refractivity (Wildman–Crippen MR) is 107 cm³/mol. The molecule has 4 nitrogen and oxygen atoms in total. The van der Waals surface area contributed by atoms with Gasteiger partial charge >= 0.3 is 0 Å². The van der Waals surface area contributed by atoms with Gasteiger partial charge in [-0.1, -0.05) is 42.5 Å². The lowest BCUT2D eigenvalue weighted by atomic mass is 10.1. The number of rotatable bonds is 8. The number of hydrogen-bond donors (Lipinski definition) is 2. The normalized spacial score (nSPS) is 10.6. The lowest BCUT2D eigenvalue weighted by molar-refractivity contribution is -0.121. The average molecular weight is 366 g/mol. The second-order valence-corrected chi connectivity index (χ2v) is 6.93. The first-order valence-electron chi connectivity index (χ1n) is 8.77. The molecule has 0 atom stereocenters. The van der Waals surface area contributed by atoms with Crippen molar-refractivity contribution in [3.8, 4) is 0 Å². The molecule has 2 amide bonds. The Labute approximate surface area is 157 Å². The molecule has 1 aromatic heterocycles. The highest BCUT2D eigenvalue weighted by Gasteiger charge is 2.06. The molecule has 26 heavy (non-hydrogen) atoms. The molecule has 0 saturated heterocycles. The summed E-state index contributed by atoms with van der Waals surface area (Å²) in [6.07, 6.45) is 1.87. The molecule has 0 aliphatic rings. The molecule has 0 radical (unpaired) electrons. The van der Waals surface area contributed by atoms with Crippen LogP contribution >= 0.6 is 11.3 Å². The molecule has 5 heteroatoms. The average Bonchev–Trinajstić information content (AvgIpc) is 3.20. The van der Waals surface area contributed by atoms with Gasteiger partial charge in [-0.3, -0.25) is 9.59 Å². The second-order valence-electron chi connectivity index (χ2n) is 6.15. The van der Waals surface area contributed by atoms with Crippen LogP contribution in [0.15, 0.2) is 59.3 Å². The van der Waals surface area contributed by atoms with Crippen molar-refractivity contribution in [1.29, 1.82) is 0 Å². The number of nitrogens with one attached hydrogen (secondary N) is 2. The maximum atomic E-state index is 11.9.